The molecule has 1 aromatic rings. The summed E-state index contributed by atoms with van der Waals surface area (Å²) >= 11 is 7.61. The molecule has 1 aromatic heterocycles. The minimum absolute atomic E-state index is 0.0168. The fourth-order valence-electron chi connectivity index (χ4n) is 2.53. The molecule has 1 rings (SSSR count). The molecule has 0 aliphatic carbocycles. The molecule has 0 amide bonds. The van der Waals surface area contributed by atoms with Crippen molar-refractivity contribution < 1.29 is 0 Å². The first kappa shape index (κ1) is 14.9. The Labute approximate surface area is 113 Å². The minimum Gasteiger partial charge on any atom is -0.302 e. The average Bonchev–Trinajstić information content (AvgIpc) is 2.72. The van der Waals surface area contributed by atoms with Gasteiger partial charge in [0, 0.05) is 10.4 Å². The van der Waals surface area contributed by atoms with E-state index in [4.69, 9.17) is 17.4 Å². The van der Waals surface area contributed by atoms with E-state index in [0.717, 1.165) is 17.2 Å². The van der Waals surface area contributed by atoms with Crippen LogP contribution in [0.4, 0.5) is 0 Å². The molecule has 1 atom stereocenters. The first-order valence-electron chi connectivity index (χ1n) is 5.90. The minimum atomic E-state index is 0.0168. The molecule has 1 heterocycles. The standard InChI is InChI=1S/C12H22ClN3S/c1-5-12(6-2,16(3)4)11(15-14)9-7-8-10(13)17-9/h7-8,11,15H,5-6,14H2,1-4H3. The maximum Gasteiger partial charge on any atom is 0.0931 e. The summed E-state index contributed by atoms with van der Waals surface area (Å²) < 4.78 is 0.806. The van der Waals surface area contributed by atoms with Gasteiger partial charge in [-0.05, 0) is 39.1 Å². The van der Waals surface area contributed by atoms with E-state index in [2.05, 4.69) is 44.3 Å². The first-order chi connectivity index (χ1) is 8.01. The lowest BCUT2D eigenvalue weighted by Gasteiger charge is -2.44. The van der Waals surface area contributed by atoms with E-state index < -0.39 is 0 Å². The van der Waals surface area contributed by atoms with E-state index in [-0.39, 0.29) is 11.6 Å². The number of rotatable bonds is 6. The zero-order chi connectivity index (χ0) is 13.1. The second-order valence-corrected chi connectivity index (χ2v) is 6.19. The Morgan fingerprint density at radius 3 is 2.29 bits per heavy atom. The van der Waals surface area contributed by atoms with Crippen molar-refractivity contribution >= 4 is 22.9 Å². The molecule has 3 nitrogen and oxygen atoms in total. The van der Waals surface area contributed by atoms with Crippen LogP contribution in [0, 0.1) is 0 Å². The Hall–Kier alpha value is -0.130. The number of nitrogens with one attached hydrogen (secondary N) is 1. The lowest BCUT2D eigenvalue weighted by molar-refractivity contribution is 0.0897. The van der Waals surface area contributed by atoms with Crippen molar-refractivity contribution in [3.05, 3.63) is 21.3 Å². The molecule has 0 saturated heterocycles. The van der Waals surface area contributed by atoms with Crippen LogP contribution in [0.2, 0.25) is 4.34 Å². The summed E-state index contributed by atoms with van der Waals surface area (Å²) in [5.41, 5.74) is 2.98. The second kappa shape index (κ2) is 6.16. The highest BCUT2D eigenvalue weighted by atomic mass is 35.5. The highest BCUT2D eigenvalue weighted by molar-refractivity contribution is 7.16. The summed E-state index contributed by atoms with van der Waals surface area (Å²) in [5, 5.41) is 0. The van der Waals surface area contributed by atoms with Gasteiger partial charge in [-0.15, -0.1) is 11.3 Å². The molecule has 0 saturated carbocycles. The van der Waals surface area contributed by atoms with E-state index >= 15 is 0 Å². The summed E-state index contributed by atoms with van der Waals surface area (Å²) in [5.74, 6) is 5.78. The van der Waals surface area contributed by atoms with Crippen LogP contribution in [0.25, 0.3) is 0 Å². The fraction of sp³-hybridized carbons (Fsp3) is 0.667. The van der Waals surface area contributed by atoms with Gasteiger partial charge in [0.15, 0.2) is 0 Å². The maximum atomic E-state index is 6.01. The Bertz CT molecular complexity index is 347. The number of thiophene rings is 1. The van der Waals surface area contributed by atoms with Crippen molar-refractivity contribution in [1.29, 1.82) is 0 Å². The van der Waals surface area contributed by atoms with Crippen LogP contribution in [-0.4, -0.2) is 24.5 Å². The van der Waals surface area contributed by atoms with E-state index in [1.54, 1.807) is 11.3 Å². The molecule has 17 heavy (non-hydrogen) atoms. The van der Waals surface area contributed by atoms with Gasteiger partial charge in [0.05, 0.1) is 10.4 Å². The normalized spacial score (nSPS) is 14.3. The van der Waals surface area contributed by atoms with Crippen LogP contribution < -0.4 is 11.3 Å². The summed E-state index contributed by atoms with van der Waals surface area (Å²) in [7, 11) is 4.21. The van der Waals surface area contributed by atoms with Crippen LogP contribution in [0.15, 0.2) is 12.1 Å². The Morgan fingerprint density at radius 1 is 1.41 bits per heavy atom. The second-order valence-electron chi connectivity index (χ2n) is 4.45. The van der Waals surface area contributed by atoms with Crippen molar-refractivity contribution in [3.63, 3.8) is 0 Å². The zero-order valence-electron chi connectivity index (χ0n) is 11.0. The van der Waals surface area contributed by atoms with Crippen molar-refractivity contribution in [1.82, 2.24) is 10.3 Å². The highest BCUT2D eigenvalue weighted by Crippen LogP contribution is 2.39. The predicted molar refractivity (Wildman–Crippen MR) is 76.4 cm³/mol. The molecule has 0 bridgehead atoms. The quantitative estimate of drug-likeness (QED) is 0.619. The topological polar surface area (TPSA) is 41.3 Å². The lowest BCUT2D eigenvalue weighted by Crippen LogP contribution is -2.54. The number of nitrogens with two attached hydrogens (primary N) is 1. The number of hydrazine groups is 1. The third-order valence-corrected chi connectivity index (χ3v) is 4.99. The van der Waals surface area contributed by atoms with Crippen LogP contribution in [0.1, 0.15) is 37.6 Å². The Balaban J connectivity index is 3.13. The summed E-state index contributed by atoms with van der Waals surface area (Å²) in [4.78, 5) is 3.44. The van der Waals surface area contributed by atoms with Gasteiger partial charge in [0.2, 0.25) is 0 Å². The molecule has 0 fully saturated rings. The van der Waals surface area contributed by atoms with E-state index in [1.165, 1.54) is 4.88 Å². The summed E-state index contributed by atoms with van der Waals surface area (Å²) in [6, 6.07) is 4.09. The largest absolute Gasteiger partial charge is 0.302 e. The number of hydrogen-bond acceptors (Lipinski definition) is 4. The number of likely N-dealkylation sites (N-methyl/N-ethyl adjacent to an activating group) is 1. The highest BCUT2D eigenvalue weighted by Gasteiger charge is 2.38. The zero-order valence-corrected chi connectivity index (χ0v) is 12.5. The molecule has 5 heteroatoms. The van der Waals surface area contributed by atoms with Crippen LogP contribution in [0.3, 0.4) is 0 Å². The fourth-order valence-corrected chi connectivity index (χ4v) is 3.77. The molecule has 0 spiro atoms. The average molecular weight is 276 g/mol. The lowest BCUT2D eigenvalue weighted by atomic mass is 9.82. The molecular weight excluding hydrogens is 254 g/mol. The van der Waals surface area contributed by atoms with Crippen molar-refractivity contribution in [2.75, 3.05) is 14.1 Å². The summed E-state index contributed by atoms with van der Waals surface area (Å²) in [6.45, 7) is 4.39. The van der Waals surface area contributed by atoms with Crippen LogP contribution in [-0.2, 0) is 0 Å². The number of hydrogen-bond donors (Lipinski definition) is 2. The van der Waals surface area contributed by atoms with Gasteiger partial charge in [0.1, 0.15) is 0 Å². The SMILES string of the molecule is CCC(CC)(C(NN)c1ccc(Cl)s1)N(C)C. The molecule has 0 aliphatic rings. The van der Waals surface area contributed by atoms with Gasteiger partial charge in [0.25, 0.3) is 0 Å². The van der Waals surface area contributed by atoms with E-state index in [9.17, 15) is 0 Å². The molecule has 1 unspecified atom stereocenters. The van der Waals surface area contributed by atoms with E-state index in [0.29, 0.717) is 0 Å². The van der Waals surface area contributed by atoms with Crippen LogP contribution >= 0.6 is 22.9 Å². The van der Waals surface area contributed by atoms with Crippen molar-refractivity contribution in [2.24, 2.45) is 5.84 Å². The molecule has 0 aromatic carbocycles. The maximum absolute atomic E-state index is 6.01. The molecular formula is C12H22ClN3S. The molecule has 0 aliphatic heterocycles. The number of nitrogens with zero attached hydrogens (tertiary/aromatic N) is 1. The molecule has 3 N–H and O–H groups in total. The van der Waals surface area contributed by atoms with Gasteiger partial charge in [-0.1, -0.05) is 25.4 Å². The predicted octanol–water partition coefficient (Wildman–Crippen LogP) is 3.03. The van der Waals surface area contributed by atoms with Crippen molar-refractivity contribution in [3.8, 4) is 0 Å². The van der Waals surface area contributed by atoms with Gasteiger partial charge < -0.3 is 4.90 Å². The molecule has 0 radical (unpaired) electrons. The van der Waals surface area contributed by atoms with E-state index in [1.807, 2.05) is 6.07 Å². The smallest absolute Gasteiger partial charge is 0.0931 e. The van der Waals surface area contributed by atoms with Crippen molar-refractivity contribution in [2.45, 2.75) is 38.3 Å². The molecule has 98 valence electrons. The summed E-state index contributed by atoms with van der Waals surface area (Å²) in [6.07, 6.45) is 2.06. The van der Waals surface area contributed by atoms with Gasteiger partial charge in [-0.2, -0.15) is 0 Å². The van der Waals surface area contributed by atoms with Crippen LogP contribution in [0.5, 0.6) is 0 Å². The third-order valence-electron chi connectivity index (χ3n) is 3.70. The third kappa shape index (κ3) is 2.83. The monoisotopic (exact) mass is 275 g/mol. The van der Waals surface area contributed by atoms with Gasteiger partial charge >= 0.3 is 0 Å². The first-order valence-corrected chi connectivity index (χ1v) is 7.10. The van der Waals surface area contributed by atoms with Gasteiger partial charge in [-0.25, -0.2) is 0 Å². The Morgan fingerprint density at radius 2 is 2.00 bits per heavy atom. The Kier molecular flexibility index (Phi) is 5.41. The number of halogens is 1. The van der Waals surface area contributed by atoms with Gasteiger partial charge in [-0.3, -0.25) is 11.3 Å².